The van der Waals surface area contributed by atoms with Crippen LogP contribution in [0.4, 0.5) is 0 Å². The summed E-state index contributed by atoms with van der Waals surface area (Å²) in [5, 5.41) is 3.48. The van der Waals surface area contributed by atoms with Crippen molar-refractivity contribution in [2.75, 3.05) is 39.9 Å². The van der Waals surface area contributed by atoms with Crippen molar-refractivity contribution < 1.29 is 4.74 Å². The Balaban J connectivity index is 1.71. The molecule has 1 fully saturated rings. The van der Waals surface area contributed by atoms with Crippen LogP contribution in [0.2, 0.25) is 0 Å². The van der Waals surface area contributed by atoms with Crippen LogP contribution in [0.3, 0.4) is 0 Å². The zero-order valence-electron chi connectivity index (χ0n) is 12.1. The lowest BCUT2D eigenvalue weighted by Gasteiger charge is -2.25. The maximum atomic E-state index is 5.06. The van der Waals surface area contributed by atoms with Gasteiger partial charge in [0, 0.05) is 51.7 Å². The SMILES string of the molecule is COCCNCC1CCCN1CCn1ccnc1C. The summed E-state index contributed by atoms with van der Waals surface area (Å²) < 4.78 is 7.29. The number of nitrogens with zero attached hydrogens (tertiary/aromatic N) is 3. The van der Waals surface area contributed by atoms with Crippen LogP contribution in [0, 0.1) is 6.92 Å². The lowest BCUT2D eigenvalue weighted by Crippen LogP contribution is -2.40. The van der Waals surface area contributed by atoms with Gasteiger partial charge < -0.3 is 14.6 Å². The maximum absolute atomic E-state index is 5.06. The molecule has 0 amide bonds. The van der Waals surface area contributed by atoms with Gasteiger partial charge in [0.05, 0.1) is 6.61 Å². The van der Waals surface area contributed by atoms with Gasteiger partial charge in [-0.25, -0.2) is 4.98 Å². The third-order valence-corrected chi connectivity index (χ3v) is 3.91. The second-order valence-corrected chi connectivity index (χ2v) is 5.20. The predicted molar refractivity (Wildman–Crippen MR) is 76.3 cm³/mol. The molecule has 1 unspecified atom stereocenters. The van der Waals surface area contributed by atoms with Crippen LogP contribution in [-0.4, -0.2) is 60.4 Å². The summed E-state index contributed by atoms with van der Waals surface area (Å²) in [6.07, 6.45) is 6.57. The fraction of sp³-hybridized carbons (Fsp3) is 0.786. The topological polar surface area (TPSA) is 42.3 Å². The molecule has 0 aliphatic carbocycles. The molecular weight excluding hydrogens is 240 g/mol. The molecule has 1 atom stereocenters. The van der Waals surface area contributed by atoms with E-state index < -0.39 is 0 Å². The highest BCUT2D eigenvalue weighted by Gasteiger charge is 2.23. The zero-order valence-corrected chi connectivity index (χ0v) is 12.1. The Morgan fingerprint density at radius 2 is 2.37 bits per heavy atom. The minimum Gasteiger partial charge on any atom is -0.383 e. The van der Waals surface area contributed by atoms with Crippen molar-refractivity contribution in [2.24, 2.45) is 0 Å². The number of rotatable bonds is 8. The maximum Gasteiger partial charge on any atom is 0.105 e. The lowest BCUT2D eigenvalue weighted by atomic mass is 10.2. The molecule has 0 saturated carbocycles. The molecule has 0 aromatic carbocycles. The average Bonchev–Trinajstić information content (AvgIpc) is 3.01. The Bertz CT molecular complexity index is 366. The van der Waals surface area contributed by atoms with Crippen LogP contribution in [0.5, 0.6) is 0 Å². The molecule has 1 aliphatic rings. The van der Waals surface area contributed by atoms with Crippen LogP contribution < -0.4 is 5.32 Å². The van der Waals surface area contributed by atoms with E-state index in [0.29, 0.717) is 6.04 Å². The molecule has 5 heteroatoms. The van der Waals surface area contributed by atoms with E-state index in [4.69, 9.17) is 4.74 Å². The van der Waals surface area contributed by atoms with Gasteiger partial charge in [-0.2, -0.15) is 0 Å². The zero-order chi connectivity index (χ0) is 13.5. The number of hydrogen-bond acceptors (Lipinski definition) is 4. The molecule has 1 aromatic rings. The number of hydrogen-bond donors (Lipinski definition) is 1. The first kappa shape index (κ1) is 14.5. The predicted octanol–water partition coefficient (Wildman–Crippen LogP) is 0.892. The number of methoxy groups -OCH3 is 1. The molecule has 1 aliphatic heterocycles. The summed E-state index contributed by atoms with van der Waals surface area (Å²) in [7, 11) is 1.75. The number of ether oxygens (including phenoxy) is 1. The molecule has 5 nitrogen and oxygen atoms in total. The second kappa shape index (κ2) is 7.62. The van der Waals surface area contributed by atoms with Gasteiger partial charge in [-0.3, -0.25) is 4.90 Å². The molecule has 1 saturated heterocycles. The standard InChI is InChI=1S/C14H26N4O/c1-13-16-5-8-17(13)9-10-18-7-3-4-14(18)12-15-6-11-19-2/h5,8,14-15H,3-4,6-7,9-12H2,1-2H3. The third kappa shape index (κ3) is 4.30. The summed E-state index contributed by atoms with van der Waals surface area (Å²) in [4.78, 5) is 6.87. The van der Waals surface area contributed by atoms with Gasteiger partial charge >= 0.3 is 0 Å². The van der Waals surface area contributed by atoms with E-state index in [1.54, 1.807) is 7.11 Å². The molecule has 2 rings (SSSR count). The van der Waals surface area contributed by atoms with Crippen molar-refractivity contribution in [1.29, 1.82) is 0 Å². The van der Waals surface area contributed by atoms with Crippen LogP contribution in [0.25, 0.3) is 0 Å². The molecule has 0 bridgehead atoms. The Kier molecular flexibility index (Phi) is 5.82. The van der Waals surface area contributed by atoms with Crippen LogP contribution >= 0.6 is 0 Å². The third-order valence-electron chi connectivity index (χ3n) is 3.91. The first-order chi connectivity index (χ1) is 9.31. The highest BCUT2D eigenvalue weighted by molar-refractivity contribution is 4.89. The van der Waals surface area contributed by atoms with Gasteiger partial charge in [0.2, 0.25) is 0 Å². The van der Waals surface area contributed by atoms with E-state index in [-0.39, 0.29) is 0 Å². The number of aryl methyl sites for hydroxylation is 1. The van der Waals surface area contributed by atoms with E-state index in [1.165, 1.54) is 19.4 Å². The molecule has 1 N–H and O–H groups in total. The Morgan fingerprint density at radius 1 is 1.47 bits per heavy atom. The van der Waals surface area contributed by atoms with Crippen molar-refractivity contribution in [3.63, 3.8) is 0 Å². The van der Waals surface area contributed by atoms with Gasteiger partial charge in [-0.1, -0.05) is 0 Å². The first-order valence-electron chi connectivity index (χ1n) is 7.22. The van der Waals surface area contributed by atoms with Crippen molar-refractivity contribution >= 4 is 0 Å². The molecule has 19 heavy (non-hydrogen) atoms. The molecular formula is C14H26N4O. The number of likely N-dealkylation sites (tertiary alicyclic amines) is 1. The van der Waals surface area contributed by atoms with E-state index in [2.05, 4.69) is 32.9 Å². The Hall–Kier alpha value is -0.910. The molecule has 0 spiro atoms. The van der Waals surface area contributed by atoms with Crippen LogP contribution in [0.1, 0.15) is 18.7 Å². The Morgan fingerprint density at radius 3 is 3.11 bits per heavy atom. The van der Waals surface area contributed by atoms with Crippen LogP contribution in [-0.2, 0) is 11.3 Å². The van der Waals surface area contributed by atoms with Gasteiger partial charge in [0.15, 0.2) is 0 Å². The monoisotopic (exact) mass is 266 g/mol. The van der Waals surface area contributed by atoms with Crippen molar-refractivity contribution in [3.8, 4) is 0 Å². The van der Waals surface area contributed by atoms with Crippen LogP contribution in [0.15, 0.2) is 12.4 Å². The van der Waals surface area contributed by atoms with Gasteiger partial charge in [0.1, 0.15) is 5.82 Å². The van der Waals surface area contributed by atoms with Crippen molar-refractivity contribution in [2.45, 2.75) is 32.4 Å². The molecule has 0 radical (unpaired) electrons. The number of nitrogens with one attached hydrogen (secondary N) is 1. The summed E-state index contributed by atoms with van der Waals surface area (Å²) in [6, 6.07) is 0.681. The summed E-state index contributed by atoms with van der Waals surface area (Å²) in [5.41, 5.74) is 0. The highest BCUT2D eigenvalue weighted by atomic mass is 16.5. The van der Waals surface area contributed by atoms with Crippen molar-refractivity contribution in [1.82, 2.24) is 19.8 Å². The Labute approximate surface area is 116 Å². The largest absolute Gasteiger partial charge is 0.383 e. The fourth-order valence-electron chi connectivity index (χ4n) is 2.74. The van der Waals surface area contributed by atoms with E-state index >= 15 is 0 Å². The fourth-order valence-corrected chi connectivity index (χ4v) is 2.74. The minimum absolute atomic E-state index is 0.681. The van der Waals surface area contributed by atoms with E-state index in [1.807, 2.05) is 6.20 Å². The van der Waals surface area contributed by atoms with Gasteiger partial charge in [-0.05, 0) is 26.3 Å². The van der Waals surface area contributed by atoms with E-state index in [0.717, 1.165) is 38.6 Å². The number of aromatic nitrogens is 2. The summed E-state index contributed by atoms with van der Waals surface area (Å²) in [5.74, 6) is 1.11. The molecule has 1 aromatic heterocycles. The van der Waals surface area contributed by atoms with E-state index in [9.17, 15) is 0 Å². The molecule has 2 heterocycles. The smallest absolute Gasteiger partial charge is 0.105 e. The normalized spacial score (nSPS) is 20.2. The average molecular weight is 266 g/mol. The van der Waals surface area contributed by atoms with Gasteiger partial charge in [0.25, 0.3) is 0 Å². The lowest BCUT2D eigenvalue weighted by molar-refractivity contribution is 0.191. The minimum atomic E-state index is 0.681. The van der Waals surface area contributed by atoms with Crippen molar-refractivity contribution in [3.05, 3.63) is 18.2 Å². The quantitative estimate of drug-likeness (QED) is 0.710. The summed E-state index contributed by atoms with van der Waals surface area (Å²) in [6.45, 7) is 8.26. The molecule has 108 valence electrons. The van der Waals surface area contributed by atoms with Gasteiger partial charge in [-0.15, -0.1) is 0 Å². The summed E-state index contributed by atoms with van der Waals surface area (Å²) >= 11 is 0. The number of imidazole rings is 1. The highest BCUT2D eigenvalue weighted by Crippen LogP contribution is 2.16. The second-order valence-electron chi connectivity index (χ2n) is 5.20. The first-order valence-corrected chi connectivity index (χ1v) is 7.22.